The molecule has 33 heavy (non-hydrogen) atoms. The van der Waals surface area contributed by atoms with E-state index < -0.39 is 54.0 Å². The Bertz CT molecular complexity index is 807. The molecule has 0 saturated carbocycles. The van der Waals surface area contributed by atoms with Crippen molar-refractivity contribution in [1.29, 1.82) is 0 Å². The zero-order chi connectivity index (χ0) is 25.1. The Morgan fingerprint density at radius 3 is 2.03 bits per heavy atom. The van der Waals surface area contributed by atoms with E-state index in [4.69, 9.17) is 5.73 Å². The first kappa shape index (κ1) is 28.4. The second-order valence-corrected chi connectivity index (χ2v) is 8.34. The van der Waals surface area contributed by atoms with Gasteiger partial charge in [-0.2, -0.15) is 12.6 Å². The number of carboxylic acids is 1. The van der Waals surface area contributed by atoms with Crippen LogP contribution in [0.3, 0.4) is 0 Å². The monoisotopic (exact) mass is 482 g/mol. The van der Waals surface area contributed by atoms with Gasteiger partial charge in [-0.15, -0.1) is 0 Å². The molecule has 0 spiro atoms. The second-order valence-electron chi connectivity index (χ2n) is 7.98. The third-order valence-electron chi connectivity index (χ3n) is 5.29. The molecule has 6 atom stereocenters. The van der Waals surface area contributed by atoms with Crippen LogP contribution in [-0.4, -0.2) is 69.9 Å². The molecule has 6 unspecified atom stereocenters. The van der Waals surface area contributed by atoms with Gasteiger partial charge in [0.1, 0.15) is 18.1 Å². The van der Waals surface area contributed by atoms with Crippen LogP contribution in [0.15, 0.2) is 30.3 Å². The van der Waals surface area contributed by atoms with E-state index in [1.54, 1.807) is 44.2 Å². The number of aliphatic hydroxyl groups is 1. The average molecular weight is 483 g/mol. The second kappa shape index (κ2) is 13.8. The number of hydrogen-bond acceptors (Lipinski definition) is 7. The smallest absolute Gasteiger partial charge is 0.326 e. The van der Waals surface area contributed by atoms with Gasteiger partial charge in [-0.1, -0.05) is 50.6 Å². The maximum Gasteiger partial charge on any atom is 0.326 e. The minimum Gasteiger partial charge on any atom is -0.480 e. The summed E-state index contributed by atoms with van der Waals surface area (Å²) >= 11 is 3.99. The summed E-state index contributed by atoms with van der Waals surface area (Å²) in [6.07, 6.45) is -0.719. The van der Waals surface area contributed by atoms with Gasteiger partial charge in [-0.3, -0.25) is 14.4 Å². The van der Waals surface area contributed by atoms with E-state index in [1.165, 1.54) is 6.92 Å². The number of rotatable bonds is 13. The Morgan fingerprint density at radius 1 is 0.970 bits per heavy atom. The fourth-order valence-corrected chi connectivity index (χ4v) is 3.17. The summed E-state index contributed by atoms with van der Waals surface area (Å²) in [6.45, 7) is 4.75. The summed E-state index contributed by atoms with van der Waals surface area (Å²) in [5.74, 6) is -3.69. The highest BCUT2D eigenvalue weighted by atomic mass is 32.1. The number of aliphatic carboxylic acids is 1. The molecule has 3 amide bonds. The van der Waals surface area contributed by atoms with Crippen molar-refractivity contribution in [3.8, 4) is 0 Å². The first-order chi connectivity index (χ1) is 15.5. The fraction of sp³-hybridized carbons (Fsp3) is 0.545. The molecule has 1 aromatic carbocycles. The standard InChI is InChI=1S/C22H34N4O6S/c1-4-12(2)17(22(31)32)25-21(30)18(13(3)27)26-20(29)16(24-19(28)15(23)11-33)10-14-8-6-5-7-9-14/h5-9,12-13,15-18,27,33H,4,10-11,23H2,1-3H3,(H,24,28)(H,25,30)(H,26,29)(H,31,32). The summed E-state index contributed by atoms with van der Waals surface area (Å²) in [7, 11) is 0. The van der Waals surface area contributed by atoms with Gasteiger partial charge in [0.2, 0.25) is 17.7 Å². The zero-order valence-corrected chi connectivity index (χ0v) is 19.9. The van der Waals surface area contributed by atoms with Crippen molar-refractivity contribution in [2.75, 3.05) is 5.75 Å². The summed E-state index contributed by atoms with van der Waals surface area (Å²) in [5.41, 5.74) is 6.45. The molecule has 0 bridgehead atoms. The number of carbonyl (C=O) groups excluding carboxylic acids is 3. The first-order valence-electron chi connectivity index (χ1n) is 10.7. The number of aliphatic hydroxyl groups excluding tert-OH is 1. The van der Waals surface area contributed by atoms with Crippen LogP contribution >= 0.6 is 12.6 Å². The molecule has 0 aliphatic carbocycles. The van der Waals surface area contributed by atoms with E-state index in [0.717, 1.165) is 5.56 Å². The molecule has 1 rings (SSSR count). The lowest BCUT2D eigenvalue weighted by Crippen LogP contribution is -2.60. The van der Waals surface area contributed by atoms with Crippen LogP contribution in [0, 0.1) is 5.92 Å². The number of nitrogens with two attached hydrogens (primary N) is 1. The number of carboxylic acid groups (broad SMARTS) is 1. The van der Waals surface area contributed by atoms with Crippen molar-refractivity contribution in [2.24, 2.45) is 11.7 Å². The molecule has 184 valence electrons. The van der Waals surface area contributed by atoms with Crippen LogP contribution in [0.4, 0.5) is 0 Å². The molecule has 0 aliphatic rings. The van der Waals surface area contributed by atoms with E-state index in [1.807, 2.05) is 0 Å². The summed E-state index contributed by atoms with van der Waals surface area (Å²) in [5, 5.41) is 26.9. The number of nitrogens with one attached hydrogen (secondary N) is 3. The highest BCUT2D eigenvalue weighted by Crippen LogP contribution is 2.10. The van der Waals surface area contributed by atoms with Crippen molar-refractivity contribution in [2.45, 2.75) is 63.9 Å². The Morgan fingerprint density at radius 2 is 1.55 bits per heavy atom. The summed E-state index contributed by atoms with van der Waals surface area (Å²) in [4.78, 5) is 49.6. The molecule has 0 saturated heterocycles. The lowest BCUT2D eigenvalue weighted by molar-refractivity contribution is -0.144. The van der Waals surface area contributed by atoms with Crippen molar-refractivity contribution >= 4 is 36.3 Å². The number of carbonyl (C=O) groups is 4. The number of benzene rings is 1. The third kappa shape index (κ3) is 9.03. The molecule has 1 aromatic rings. The minimum atomic E-state index is -1.43. The number of thiol groups is 1. The van der Waals surface area contributed by atoms with Crippen LogP contribution in [0.25, 0.3) is 0 Å². The lowest BCUT2D eigenvalue weighted by atomic mass is 9.98. The van der Waals surface area contributed by atoms with Gasteiger partial charge < -0.3 is 31.9 Å². The van der Waals surface area contributed by atoms with E-state index >= 15 is 0 Å². The average Bonchev–Trinajstić information content (AvgIpc) is 2.79. The van der Waals surface area contributed by atoms with E-state index in [2.05, 4.69) is 28.6 Å². The maximum absolute atomic E-state index is 13.0. The molecule has 10 nitrogen and oxygen atoms in total. The third-order valence-corrected chi connectivity index (χ3v) is 5.68. The molecule has 0 radical (unpaired) electrons. The highest BCUT2D eigenvalue weighted by Gasteiger charge is 2.34. The SMILES string of the molecule is CCC(C)C(NC(=O)C(NC(=O)C(Cc1ccccc1)NC(=O)C(N)CS)C(C)O)C(=O)O. The van der Waals surface area contributed by atoms with Crippen molar-refractivity contribution in [3.63, 3.8) is 0 Å². The molecule has 0 aromatic heterocycles. The Kier molecular flexibility index (Phi) is 11.9. The van der Waals surface area contributed by atoms with Crippen molar-refractivity contribution in [3.05, 3.63) is 35.9 Å². The molecule has 0 heterocycles. The predicted molar refractivity (Wildman–Crippen MR) is 127 cm³/mol. The van der Waals surface area contributed by atoms with Crippen LogP contribution in [0.2, 0.25) is 0 Å². The fourth-order valence-electron chi connectivity index (χ4n) is 3.01. The summed E-state index contributed by atoms with van der Waals surface area (Å²) in [6, 6.07) is 4.24. The molecule has 0 fully saturated rings. The van der Waals surface area contributed by atoms with Gasteiger partial charge in [-0.05, 0) is 18.4 Å². The Balaban J connectivity index is 3.06. The molecular formula is C22H34N4O6S. The Labute approximate surface area is 199 Å². The molecule has 11 heteroatoms. The van der Waals surface area contributed by atoms with E-state index in [-0.39, 0.29) is 18.1 Å². The van der Waals surface area contributed by atoms with Crippen LogP contribution in [0.5, 0.6) is 0 Å². The largest absolute Gasteiger partial charge is 0.480 e. The molecular weight excluding hydrogens is 448 g/mol. The van der Waals surface area contributed by atoms with Gasteiger partial charge >= 0.3 is 5.97 Å². The Hall–Kier alpha value is -2.63. The minimum absolute atomic E-state index is 0.0659. The quantitative estimate of drug-likeness (QED) is 0.185. The topological polar surface area (TPSA) is 171 Å². The van der Waals surface area contributed by atoms with E-state index in [9.17, 15) is 29.4 Å². The van der Waals surface area contributed by atoms with Crippen LogP contribution in [0.1, 0.15) is 32.8 Å². The predicted octanol–water partition coefficient (Wildman–Crippen LogP) is -0.548. The van der Waals surface area contributed by atoms with Crippen molar-refractivity contribution < 1.29 is 29.4 Å². The zero-order valence-electron chi connectivity index (χ0n) is 19.0. The van der Waals surface area contributed by atoms with Gasteiger partial charge in [0.25, 0.3) is 0 Å². The lowest BCUT2D eigenvalue weighted by Gasteiger charge is -2.27. The maximum atomic E-state index is 13.0. The normalized spacial score (nSPS) is 16.4. The van der Waals surface area contributed by atoms with E-state index in [0.29, 0.717) is 6.42 Å². The van der Waals surface area contributed by atoms with Crippen LogP contribution < -0.4 is 21.7 Å². The highest BCUT2D eigenvalue weighted by molar-refractivity contribution is 7.80. The molecule has 0 aliphatic heterocycles. The number of hydrogen-bond donors (Lipinski definition) is 7. The first-order valence-corrected chi connectivity index (χ1v) is 11.4. The summed E-state index contributed by atoms with van der Waals surface area (Å²) < 4.78 is 0. The van der Waals surface area contributed by atoms with Crippen LogP contribution in [-0.2, 0) is 25.6 Å². The number of amides is 3. The van der Waals surface area contributed by atoms with Gasteiger partial charge in [-0.25, -0.2) is 4.79 Å². The van der Waals surface area contributed by atoms with Crippen molar-refractivity contribution in [1.82, 2.24) is 16.0 Å². The van der Waals surface area contributed by atoms with Gasteiger partial charge in [0.05, 0.1) is 12.1 Å². The van der Waals surface area contributed by atoms with Gasteiger partial charge in [0.15, 0.2) is 0 Å². The van der Waals surface area contributed by atoms with Gasteiger partial charge in [0, 0.05) is 12.2 Å². The molecule has 7 N–H and O–H groups in total.